The highest BCUT2D eigenvalue weighted by Gasteiger charge is 2.15. The number of nitrogens with one attached hydrogen (secondary N) is 2. The lowest BCUT2D eigenvalue weighted by atomic mass is 10.2. The summed E-state index contributed by atoms with van der Waals surface area (Å²) in [5.41, 5.74) is 1.42. The van der Waals surface area contributed by atoms with Crippen LogP contribution in [0.3, 0.4) is 0 Å². The van der Waals surface area contributed by atoms with Gasteiger partial charge in [-0.2, -0.15) is 4.98 Å². The number of hydrogen-bond donors (Lipinski definition) is 2. The smallest absolute Gasteiger partial charge is 0.252 e. The first-order valence-electron chi connectivity index (χ1n) is 8.78. The van der Waals surface area contributed by atoms with Crippen molar-refractivity contribution in [1.82, 2.24) is 20.3 Å². The Bertz CT molecular complexity index is 744. The number of pyridine rings is 1. The number of carbonyl (C=O) groups is 1. The van der Waals surface area contributed by atoms with Crippen LogP contribution in [-0.2, 0) is 0 Å². The fourth-order valence-corrected chi connectivity index (χ4v) is 2.83. The zero-order valence-electron chi connectivity index (χ0n) is 15.2. The lowest BCUT2D eigenvalue weighted by Gasteiger charge is -2.17. The standard InChI is InChI=1S/C18H24N6O2/c1-13-11-15(24-9-3-4-10-24)23-18(22-13)20-8-7-19-17(25)14-5-6-16(26-2)21-12-14/h5-6,11-12H,3-4,7-10H2,1-2H3,(H,19,25)(H,20,22,23). The van der Waals surface area contributed by atoms with Crippen LogP contribution in [0.4, 0.5) is 11.8 Å². The van der Waals surface area contributed by atoms with E-state index < -0.39 is 0 Å². The number of nitrogens with zero attached hydrogens (tertiary/aromatic N) is 4. The van der Waals surface area contributed by atoms with E-state index >= 15 is 0 Å². The maximum atomic E-state index is 12.1. The van der Waals surface area contributed by atoms with Gasteiger partial charge < -0.3 is 20.3 Å². The van der Waals surface area contributed by atoms with Crippen molar-refractivity contribution in [2.75, 3.05) is 43.5 Å². The minimum absolute atomic E-state index is 0.176. The summed E-state index contributed by atoms with van der Waals surface area (Å²) in [7, 11) is 1.54. The Kier molecular flexibility index (Phi) is 5.83. The van der Waals surface area contributed by atoms with E-state index in [1.807, 2.05) is 13.0 Å². The number of rotatable bonds is 7. The SMILES string of the molecule is COc1ccc(C(=O)NCCNc2nc(C)cc(N3CCCC3)n2)cn1. The fourth-order valence-electron chi connectivity index (χ4n) is 2.83. The molecule has 1 aliphatic heterocycles. The number of carbonyl (C=O) groups excluding carboxylic acids is 1. The van der Waals surface area contributed by atoms with Crippen molar-refractivity contribution in [2.24, 2.45) is 0 Å². The highest BCUT2D eigenvalue weighted by Crippen LogP contribution is 2.19. The minimum atomic E-state index is -0.176. The Labute approximate surface area is 153 Å². The first kappa shape index (κ1) is 17.9. The molecule has 0 spiro atoms. The number of methoxy groups -OCH3 is 1. The van der Waals surface area contributed by atoms with Crippen molar-refractivity contribution < 1.29 is 9.53 Å². The molecule has 3 rings (SSSR count). The average Bonchev–Trinajstić information content (AvgIpc) is 3.19. The van der Waals surface area contributed by atoms with Crippen LogP contribution < -0.4 is 20.3 Å². The van der Waals surface area contributed by atoms with E-state index in [2.05, 4.69) is 30.5 Å². The van der Waals surface area contributed by atoms with Gasteiger partial charge >= 0.3 is 0 Å². The Balaban J connectivity index is 1.49. The quantitative estimate of drug-likeness (QED) is 0.729. The molecule has 138 valence electrons. The lowest BCUT2D eigenvalue weighted by molar-refractivity contribution is 0.0954. The third-order valence-electron chi connectivity index (χ3n) is 4.17. The van der Waals surface area contributed by atoms with E-state index in [9.17, 15) is 4.79 Å². The number of amides is 1. The van der Waals surface area contributed by atoms with Crippen molar-refractivity contribution in [3.05, 3.63) is 35.7 Å². The predicted octanol–water partition coefficient (Wildman–Crippen LogP) is 1.63. The maximum Gasteiger partial charge on any atom is 0.252 e. The molecular weight excluding hydrogens is 332 g/mol. The van der Waals surface area contributed by atoms with Gasteiger partial charge in [0.15, 0.2) is 0 Å². The molecule has 1 saturated heterocycles. The molecule has 0 atom stereocenters. The molecule has 0 unspecified atom stereocenters. The minimum Gasteiger partial charge on any atom is -0.481 e. The molecule has 0 saturated carbocycles. The van der Waals surface area contributed by atoms with Gasteiger partial charge in [-0.25, -0.2) is 9.97 Å². The van der Waals surface area contributed by atoms with Crippen LogP contribution in [0.1, 0.15) is 28.9 Å². The fraction of sp³-hybridized carbons (Fsp3) is 0.444. The van der Waals surface area contributed by atoms with Gasteiger partial charge in [-0.3, -0.25) is 4.79 Å². The zero-order valence-corrected chi connectivity index (χ0v) is 15.2. The van der Waals surface area contributed by atoms with Gasteiger partial charge in [-0.05, 0) is 25.8 Å². The van der Waals surface area contributed by atoms with Gasteiger partial charge in [0.05, 0.1) is 12.7 Å². The first-order chi connectivity index (χ1) is 12.7. The van der Waals surface area contributed by atoms with E-state index in [0.29, 0.717) is 30.5 Å². The highest BCUT2D eigenvalue weighted by molar-refractivity contribution is 5.93. The third kappa shape index (κ3) is 4.59. The van der Waals surface area contributed by atoms with E-state index in [0.717, 1.165) is 24.6 Å². The number of anilines is 2. The summed E-state index contributed by atoms with van der Waals surface area (Å²) in [6.45, 7) is 5.05. The third-order valence-corrected chi connectivity index (χ3v) is 4.17. The summed E-state index contributed by atoms with van der Waals surface area (Å²) in [5.74, 6) is 1.86. The molecule has 8 nitrogen and oxygen atoms in total. The van der Waals surface area contributed by atoms with Gasteiger partial charge in [0.1, 0.15) is 5.82 Å². The van der Waals surface area contributed by atoms with Gasteiger partial charge in [0.2, 0.25) is 11.8 Å². The molecule has 26 heavy (non-hydrogen) atoms. The Hall–Kier alpha value is -2.90. The number of ether oxygens (including phenoxy) is 1. The molecule has 1 amide bonds. The van der Waals surface area contributed by atoms with Crippen molar-refractivity contribution in [3.63, 3.8) is 0 Å². The molecule has 0 bridgehead atoms. The van der Waals surface area contributed by atoms with Crippen LogP contribution in [0, 0.1) is 6.92 Å². The van der Waals surface area contributed by atoms with E-state index in [1.165, 1.54) is 26.1 Å². The number of hydrogen-bond acceptors (Lipinski definition) is 7. The Morgan fingerprint density at radius 1 is 1.23 bits per heavy atom. The molecule has 1 fully saturated rings. The number of aromatic nitrogens is 3. The molecule has 3 heterocycles. The second kappa shape index (κ2) is 8.46. The first-order valence-corrected chi connectivity index (χ1v) is 8.78. The second-order valence-electron chi connectivity index (χ2n) is 6.16. The van der Waals surface area contributed by atoms with E-state index in [-0.39, 0.29) is 5.91 Å². The average molecular weight is 356 g/mol. The van der Waals surface area contributed by atoms with Gasteiger partial charge in [-0.1, -0.05) is 0 Å². The molecule has 2 aromatic heterocycles. The van der Waals surface area contributed by atoms with Crippen LogP contribution in [-0.4, -0.2) is 54.1 Å². The topological polar surface area (TPSA) is 92.3 Å². The van der Waals surface area contributed by atoms with Crippen LogP contribution in [0.15, 0.2) is 24.4 Å². The summed E-state index contributed by atoms with van der Waals surface area (Å²) in [5, 5.41) is 6.02. The van der Waals surface area contributed by atoms with Crippen LogP contribution in [0.25, 0.3) is 0 Å². The summed E-state index contributed by atoms with van der Waals surface area (Å²) >= 11 is 0. The van der Waals surface area contributed by atoms with Crippen LogP contribution in [0.2, 0.25) is 0 Å². The monoisotopic (exact) mass is 356 g/mol. The second-order valence-corrected chi connectivity index (χ2v) is 6.16. The van der Waals surface area contributed by atoms with Gasteiger partial charge in [-0.15, -0.1) is 0 Å². The summed E-state index contributed by atoms with van der Waals surface area (Å²) in [6, 6.07) is 5.35. The molecule has 0 radical (unpaired) electrons. The molecule has 8 heteroatoms. The summed E-state index contributed by atoms with van der Waals surface area (Å²) in [4.78, 5) is 27.4. The van der Waals surface area contributed by atoms with Crippen molar-refractivity contribution in [1.29, 1.82) is 0 Å². The van der Waals surface area contributed by atoms with Crippen molar-refractivity contribution >= 4 is 17.7 Å². The normalized spacial score (nSPS) is 13.5. The molecular formula is C18H24N6O2. The van der Waals surface area contributed by atoms with Crippen LogP contribution >= 0.6 is 0 Å². The molecule has 0 aromatic carbocycles. The highest BCUT2D eigenvalue weighted by atomic mass is 16.5. The number of aryl methyl sites for hydroxylation is 1. The van der Waals surface area contributed by atoms with Crippen molar-refractivity contribution in [3.8, 4) is 5.88 Å². The Morgan fingerprint density at radius 2 is 2.04 bits per heavy atom. The van der Waals surface area contributed by atoms with Crippen LogP contribution in [0.5, 0.6) is 5.88 Å². The summed E-state index contributed by atoms with van der Waals surface area (Å²) in [6.07, 6.45) is 3.91. The largest absolute Gasteiger partial charge is 0.481 e. The lowest BCUT2D eigenvalue weighted by Crippen LogP contribution is -2.29. The van der Waals surface area contributed by atoms with Gasteiger partial charge in [0.25, 0.3) is 5.91 Å². The predicted molar refractivity (Wildman–Crippen MR) is 99.8 cm³/mol. The van der Waals surface area contributed by atoms with E-state index in [1.54, 1.807) is 12.1 Å². The summed E-state index contributed by atoms with van der Waals surface area (Å²) < 4.78 is 4.98. The van der Waals surface area contributed by atoms with Gasteiger partial charge in [0, 0.05) is 50.2 Å². The zero-order chi connectivity index (χ0) is 18.4. The van der Waals surface area contributed by atoms with Crippen molar-refractivity contribution in [2.45, 2.75) is 19.8 Å². The van der Waals surface area contributed by atoms with E-state index in [4.69, 9.17) is 4.74 Å². The molecule has 2 aromatic rings. The molecule has 2 N–H and O–H groups in total. The molecule has 0 aliphatic carbocycles. The maximum absolute atomic E-state index is 12.1. The molecule has 1 aliphatic rings. The Morgan fingerprint density at radius 3 is 2.73 bits per heavy atom.